The summed E-state index contributed by atoms with van der Waals surface area (Å²) in [7, 11) is 0. The molecule has 1 heteroatoms. The monoisotopic (exact) mass is 210 g/mol. The van der Waals surface area contributed by atoms with Crippen LogP contribution in [0.5, 0.6) is 0 Å². The third kappa shape index (κ3) is 2.38. The molecule has 2 rings (SSSR count). The highest BCUT2D eigenvalue weighted by Crippen LogP contribution is 2.46. The molecule has 0 aromatic carbocycles. The van der Waals surface area contributed by atoms with Gasteiger partial charge >= 0.3 is 0 Å². The molecule has 2 aliphatic carbocycles. The Labute approximate surface area is 94.3 Å². The summed E-state index contributed by atoms with van der Waals surface area (Å²) in [6, 6.07) is 0. The topological polar surface area (TPSA) is 20.2 Å². The quantitative estimate of drug-likeness (QED) is 0.736. The van der Waals surface area contributed by atoms with Crippen LogP contribution < -0.4 is 0 Å². The van der Waals surface area contributed by atoms with E-state index in [2.05, 4.69) is 13.8 Å². The van der Waals surface area contributed by atoms with Crippen LogP contribution in [0.1, 0.15) is 65.2 Å². The Bertz CT molecular complexity index is 205. The highest BCUT2D eigenvalue weighted by Gasteiger charge is 2.40. The minimum atomic E-state index is -0.0252. The molecule has 0 bridgehead atoms. The van der Waals surface area contributed by atoms with Crippen molar-refractivity contribution in [3.63, 3.8) is 0 Å². The average molecular weight is 210 g/mol. The molecule has 0 saturated heterocycles. The van der Waals surface area contributed by atoms with Gasteiger partial charge in [-0.05, 0) is 42.9 Å². The van der Waals surface area contributed by atoms with Crippen LogP contribution in [0.15, 0.2) is 0 Å². The van der Waals surface area contributed by atoms with E-state index >= 15 is 0 Å². The van der Waals surface area contributed by atoms with E-state index in [9.17, 15) is 5.11 Å². The van der Waals surface area contributed by atoms with Gasteiger partial charge in [0.1, 0.15) is 0 Å². The number of aliphatic hydroxyl groups is 1. The van der Waals surface area contributed by atoms with E-state index in [0.717, 1.165) is 5.92 Å². The molecule has 88 valence electrons. The summed E-state index contributed by atoms with van der Waals surface area (Å²) in [5.74, 6) is 1.43. The van der Waals surface area contributed by atoms with Gasteiger partial charge in [-0.15, -0.1) is 0 Å². The van der Waals surface area contributed by atoms with E-state index in [0.29, 0.717) is 5.92 Å². The van der Waals surface area contributed by atoms with E-state index in [-0.39, 0.29) is 11.5 Å². The van der Waals surface area contributed by atoms with Crippen LogP contribution in [0.25, 0.3) is 0 Å². The number of hydrogen-bond acceptors (Lipinski definition) is 1. The summed E-state index contributed by atoms with van der Waals surface area (Å²) in [5, 5.41) is 10.6. The van der Waals surface area contributed by atoms with Crippen molar-refractivity contribution >= 4 is 0 Å². The van der Waals surface area contributed by atoms with Crippen molar-refractivity contribution in [2.45, 2.75) is 71.3 Å². The molecule has 2 fully saturated rings. The van der Waals surface area contributed by atoms with Gasteiger partial charge in [-0.25, -0.2) is 0 Å². The van der Waals surface area contributed by atoms with Gasteiger partial charge < -0.3 is 5.11 Å². The van der Waals surface area contributed by atoms with Crippen molar-refractivity contribution in [2.75, 3.05) is 0 Å². The second-order valence-electron chi connectivity index (χ2n) is 6.34. The van der Waals surface area contributed by atoms with Gasteiger partial charge in [0.05, 0.1) is 6.10 Å². The second-order valence-corrected chi connectivity index (χ2v) is 6.34. The van der Waals surface area contributed by atoms with E-state index in [4.69, 9.17) is 0 Å². The zero-order chi connectivity index (χ0) is 10.9. The average Bonchev–Trinajstić information content (AvgIpc) is 2.65. The lowest BCUT2D eigenvalue weighted by Gasteiger charge is -2.39. The molecule has 0 radical (unpaired) electrons. The molecule has 0 spiro atoms. The molecule has 1 N–H and O–H groups in total. The molecule has 2 saturated carbocycles. The third-order valence-electron chi connectivity index (χ3n) is 4.88. The predicted molar refractivity (Wildman–Crippen MR) is 63.7 cm³/mol. The molecular formula is C14H26O. The zero-order valence-corrected chi connectivity index (χ0v) is 10.3. The van der Waals surface area contributed by atoms with Gasteiger partial charge in [-0.2, -0.15) is 0 Å². The molecule has 1 nitrogen and oxygen atoms in total. The Morgan fingerprint density at radius 1 is 1.13 bits per heavy atom. The van der Waals surface area contributed by atoms with E-state index in [1.165, 1.54) is 51.4 Å². The van der Waals surface area contributed by atoms with Crippen LogP contribution in [0, 0.1) is 17.3 Å². The van der Waals surface area contributed by atoms with Gasteiger partial charge in [0.25, 0.3) is 0 Å². The minimum absolute atomic E-state index is 0.0252. The predicted octanol–water partition coefficient (Wildman–Crippen LogP) is 3.75. The minimum Gasteiger partial charge on any atom is -0.392 e. The Morgan fingerprint density at radius 3 is 2.40 bits per heavy atom. The third-order valence-corrected chi connectivity index (χ3v) is 4.88. The lowest BCUT2D eigenvalue weighted by molar-refractivity contribution is -0.0244. The number of aliphatic hydroxyl groups excluding tert-OH is 1. The van der Waals surface area contributed by atoms with Crippen molar-refractivity contribution in [2.24, 2.45) is 17.3 Å². The van der Waals surface area contributed by atoms with E-state index in [1.54, 1.807) is 0 Å². The van der Waals surface area contributed by atoms with Gasteiger partial charge in [0.15, 0.2) is 0 Å². The molecule has 0 heterocycles. The lowest BCUT2D eigenvalue weighted by Crippen LogP contribution is -2.38. The number of hydrogen-bond donors (Lipinski definition) is 1. The second kappa shape index (κ2) is 4.45. The highest BCUT2D eigenvalue weighted by molar-refractivity contribution is 4.91. The first-order valence-electron chi connectivity index (χ1n) is 6.80. The van der Waals surface area contributed by atoms with Crippen molar-refractivity contribution in [1.29, 1.82) is 0 Å². The molecule has 3 atom stereocenters. The maximum atomic E-state index is 10.6. The molecule has 2 aliphatic rings. The van der Waals surface area contributed by atoms with Gasteiger partial charge in [0, 0.05) is 0 Å². The van der Waals surface area contributed by atoms with E-state index < -0.39 is 0 Å². The summed E-state index contributed by atoms with van der Waals surface area (Å²) >= 11 is 0. The lowest BCUT2D eigenvalue weighted by atomic mass is 9.70. The van der Waals surface area contributed by atoms with Crippen LogP contribution >= 0.6 is 0 Å². The number of rotatable bonds is 2. The summed E-state index contributed by atoms with van der Waals surface area (Å²) < 4.78 is 0. The van der Waals surface area contributed by atoms with Crippen LogP contribution in [0.3, 0.4) is 0 Å². The molecular weight excluding hydrogens is 184 g/mol. The Morgan fingerprint density at radius 2 is 1.80 bits per heavy atom. The van der Waals surface area contributed by atoms with Crippen molar-refractivity contribution < 1.29 is 5.11 Å². The molecule has 0 aromatic heterocycles. The molecule has 0 amide bonds. The summed E-state index contributed by atoms with van der Waals surface area (Å²) in [6.07, 6.45) is 10.4. The Balaban J connectivity index is 1.96. The molecule has 15 heavy (non-hydrogen) atoms. The fourth-order valence-electron chi connectivity index (χ4n) is 3.82. The fourth-order valence-corrected chi connectivity index (χ4v) is 3.82. The fraction of sp³-hybridized carbons (Fsp3) is 1.00. The van der Waals surface area contributed by atoms with E-state index in [1.807, 2.05) is 0 Å². The SMILES string of the molecule is CC1CCCC(C(O)C2(C)CCCC2)C1. The first kappa shape index (κ1) is 11.4. The van der Waals surface area contributed by atoms with Crippen molar-refractivity contribution in [1.82, 2.24) is 0 Å². The maximum Gasteiger partial charge on any atom is 0.0622 e. The van der Waals surface area contributed by atoms with Gasteiger partial charge in [0.2, 0.25) is 0 Å². The van der Waals surface area contributed by atoms with Crippen molar-refractivity contribution in [3.05, 3.63) is 0 Å². The Hall–Kier alpha value is -0.0400. The molecule has 0 aliphatic heterocycles. The Kier molecular flexibility index (Phi) is 3.39. The summed E-state index contributed by atoms with van der Waals surface area (Å²) in [6.45, 7) is 4.65. The van der Waals surface area contributed by atoms with Crippen LogP contribution in [0.2, 0.25) is 0 Å². The van der Waals surface area contributed by atoms with Crippen LogP contribution in [0.4, 0.5) is 0 Å². The molecule has 0 aromatic rings. The zero-order valence-electron chi connectivity index (χ0n) is 10.3. The van der Waals surface area contributed by atoms with Crippen LogP contribution in [-0.2, 0) is 0 Å². The first-order chi connectivity index (χ1) is 7.12. The summed E-state index contributed by atoms with van der Waals surface area (Å²) in [4.78, 5) is 0. The molecule has 3 unspecified atom stereocenters. The maximum absolute atomic E-state index is 10.6. The first-order valence-corrected chi connectivity index (χ1v) is 6.80. The van der Waals surface area contributed by atoms with Crippen molar-refractivity contribution in [3.8, 4) is 0 Å². The van der Waals surface area contributed by atoms with Gasteiger partial charge in [-0.1, -0.05) is 39.5 Å². The smallest absolute Gasteiger partial charge is 0.0622 e. The highest BCUT2D eigenvalue weighted by atomic mass is 16.3. The van der Waals surface area contributed by atoms with Gasteiger partial charge in [-0.3, -0.25) is 0 Å². The largest absolute Gasteiger partial charge is 0.392 e. The van der Waals surface area contributed by atoms with Crippen LogP contribution in [-0.4, -0.2) is 11.2 Å². The summed E-state index contributed by atoms with van der Waals surface area (Å²) in [5.41, 5.74) is 0.252. The standard InChI is InChI=1S/C14H26O/c1-11-6-5-7-12(10-11)13(15)14(2)8-3-4-9-14/h11-13,15H,3-10H2,1-2H3. The normalized spacial score (nSPS) is 37.8.